The molecule has 1 aromatic rings. The van der Waals surface area contributed by atoms with Crippen LogP contribution in [0.25, 0.3) is 0 Å². The largest absolute Gasteiger partial charge is 0.494 e. The Balaban J connectivity index is 0.00000324. The first-order chi connectivity index (χ1) is 8.38. The summed E-state index contributed by atoms with van der Waals surface area (Å²) in [6.07, 6.45) is 1.95. The zero-order valence-corrected chi connectivity index (χ0v) is 13.6. The van der Waals surface area contributed by atoms with Gasteiger partial charge in [-0.1, -0.05) is 39.8 Å². The van der Waals surface area contributed by atoms with Crippen LogP contribution >= 0.6 is 12.4 Å². The second-order valence-corrected chi connectivity index (χ2v) is 5.89. The van der Waals surface area contributed by atoms with E-state index in [-0.39, 0.29) is 23.9 Å². The SMILES string of the molecule is CCOc1ccc(CC(N)CC)cc1C(C)(C)C.Cl. The first-order valence-corrected chi connectivity index (χ1v) is 6.90. The summed E-state index contributed by atoms with van der Waals surface area (Å²) in [7, 11) is 0. The molecule has 0 spiro atoms. The van der Waals surface area contributed by atoms with Gasteiger partial charge in [0.15, 0.2) is 0 Å². The molecule has 0 bridgehead atoms. The highest BCUT2D eigenvalue weighted by atomic mass is 35.5. The standard InChI is InChI=1S/C16H27NO.ClH/c1-6-13(17)10-12-8-9-15(18-7-2)14(11-12)16(3,4)5;/h8-9,11,13H,6-7,10,17H2,1-5H3;1H. The van der Waals surface area contributed by atoms with E-state index in [1.54, 1.807) is 0 Å². The van der Waals surface area contributed by atoms with Gasteiger partial charge in [-0.15, -0.1) is 12.4 Å². The molecule has 110 valence electrons. The minimum atomic E-state index is 0. The Morgan fingerprint density at radius 2 is 1.84 bits per heavy atom. The Bertz CT molecular complexity index is 385. The Morgan fingerprint density at radius 3 is 2.32 bits per heavy atom. The molecule has 0 aliphatic heterocycles. The van der Waals surface area contributed by atoms with E-state index in [0.29, 0.717) is 6.61 Å². The molecule has 1 rings (SSSR count). The van der Waals surface area contributed by atoms with Crippen LogP contribution in [0.4, 0.5) is 0 Å². The van der Waals surface area contributed by atoms with Crippen molar-refractivity contribution < 1.29 is 4.74 Å². The third kappa shape index (κ3) is 5.42. The quantitative estimate of drug-likeness (QED) is 0.884. The van der Waals surface area contributed by atoms with E-state index in [1.807, 2.05) is 6.92 Å². The van der Waals surface area contributed by atoms with Gasteiger partial charge in [0, 0.05) is 6.04 Å². The Hall–Kier alpha value is -0.730. The van der Waals surface area contributed by atoms with Gasteiger partial charge in [0.25, 0.3) is 0 Å². The average Bonchev–Trinajstić information content (AvgIpc) is 2.30. The minimum absolute atomic E-state index is 0. The van der Waals surface area contributed by atoms with E-state index in [2.05, 4.69) is 45.9 Å². The summed E-state index contributed by atoms with van der Waals surface area (Å²) in [6, 6.07) is 6.72. The number of halogens is 1. The van der Waals surface area contributed by atoms with Gasteiger partial charge in [-0.05, 0) is 42.4 Å². The lowest BCUT2D eigenvalue weighted by Crippen LogP contribution is -2.22. The van der Waals surface area contributed by atoms with Gasteiger partial charge < -0.3 is 10.5 Å². The molecule has 1 atom stereocenters. The van der Waals surface area contributed by atoms with E-state index in [1.165, 1.54) is 11.1 Å². The molecule has 0 heterocycles. The molecule has 0 radical (unpaired) electrons. The molecule has 19 heavy (non-hydrogen) atoms. The van der Waals surface area contributed by atoms with Gasteiger partial charge in [0.05, 0.1) is 6.61 Å². The molecule has 0 aliphatic rings. The fraction of sp³-hybridized carbons (Fsp3) is 0.625. The lowest BCUT2D eigenvalue weighted by atomic mass is 9.84. The van der Waals surface area contributed by atoms with Crippen LogP contribution in [0.5, 0.6) is 5.75 Å². The molecule has 0 amide bonds. The van der Waals surface area contributed by atoms with Gasteiger partial charge in [-0.2, -0.15) is 0 Å². The second-order valence-electron chi connectivity index (χ2n) is 5.89. The van der Waals surface area contributed by atoms with Crippen LogP contribution in [0.1, 0.15) is 52.2 Å². The van der Waals surface area contributed by atoms with Crippen molar-refractivity contribution in [1.29, 1.82) is 0 Å². The highest BCUT2D eigenvalue weighted by Crippen LogP contribution is 2.32. The fourth-order valence-corrected chi connectivity index (χ4v) is 2.02. The van der Waals surface area contributed by atoms with Crippen molar-refractivity contribution in [3.63, 3.8) is 0 Å². The summed E-state index contributed by atoms with van der Waals surface area (Å²) in [4.78, 5) is 0. The molecular weight excluding hydrogens is 258 g/mol. The Labute approximate surface area is 124 Å². The summed E-state index contributed by atoms with van der Waals surface area (Å²) < 4.78 is 5.72. The maximum atomic E-state index is 6.03. The van der Waals surface area contributed by atoms with Crippen molar-refractivity contribution in [2.75, 3.05) is 6.61 Å². The van der Waals surface area contributed by atoms with Crippen LogP contribution in [0.3, 0.4) is 0 Å². The topological polar surface area (TPSA) is 35.2 Å². The molecule has 0 aliphatic carbocycles. The predicted octanol–water partition coefficient (Wildman–Crippen LogP) is 4.08. The van der Waals surface area contributed by atoms with Crippen molar-refractivity contribution in [1.82, 2.24) is 0 Å². The van der Waals surface area contributed by atoms with E-state index < -0.39 is 0 Å². The average molecular weight is 286 g/mol. The number of hydrogen-bond donors (Lipinski definition) is 1. The third-order valence-corrected chi connectivity index (χ3v) is 3.17. The molecule has 2 N–H and O–H groups in total. The summed E-state index contributed by atoms with van der Waals surface area (Å²) >= 11 is 0. The van der Waals surface area contributed by atoms with Crippen LogP contribution in [0, 0.1) is 0 Å². The van der Waals surface area contributed by atoms with Gasteiger partial charge in [-0.3, -0.25) is 0 Å². The molecule has 0 saturated carbocycles. The zero-order valence-electron chi connectivity index (χ0n) is 12.8. The number of hydrogen-bond acceptors (Lipinski definition) is 2. The Morgan fingerprint density at radius 1 is 1.21 bits per heavy atom. The maximum absolute atomic E-state index is 6.03. The van der Waals surface area contributed by atoms with Gasteiger partial charge >= 0.3 is 0 Å². The van der Waals surface area contributed by atoms with E-state index in [9.17, 15) is 0 Å². The van der Waals surface area contributed by atoms with Gasteiger partial charge in [-0.25, -0.2) is 0 Å². The third-order valence-electron chi connectivity index (χ3n) is 3.17. The normalized spacial score (nSPS) is 12.7. The van der Waals surface area contributed by atoms with E-state index >= 15 is 0 Å². The van der Waals surface area contributed by atoms with Gasteiger partial charge in [0.1, 0.15) is 5.75 Å². The smallest absolute Gasteiger partial charge is 0.123 e. The van der Waals surface area contributed by atoms with Crippen LogP contribution in [-0.2, 0) is 11.8 Å². The lowest BCUT2D eigenvalue weighted by molar-refractivity contribution is 0.329. The predicted molar refractivity (Wildman–Crippen MR) is 85.5 cm³/mol. The maximum Gasteiger partial charge on any atom is 0.123 e. The highest BCUT2D eigenvalue weighted by molar-refractivity contribution is 5.85. The molecule has 1 aromatic carbocycles. The Kier molecular flexibility index (Phi) is 7.46. The number of rotatable bonds is 5. The van der Waals surface area contributed by atoms with Crippen LogP contribution < -0.4 is 10.5 Å². The van der Waals surface area contributed by atoms with E-state index in [0.717, 1.165) is 18.6 Å². The summed E-state index contributed by atoms with van der Waals surface area (Å²) in [5, 5.41) is 0. The molecule has 3 heteroatoms. The summed E-state index contributed by atoms with van der Waals surface area (Å²) in [6.45, 7) is 11.5. The zero-order chi connectivity index (χ0) is 13.8. The highest BCUT2D eigenvalue weighted by Gasteiger charge is 2.19. The van der Waals surface area contributed by atoms with Gasteiger partial charge in [0.2, 0.25) is 0 Å². The van der Waals surface area contributed by atoms with Crippen LogP contribution in [-0.4, -0.2) is 12.6 Å². The first-order valence-electron chi connectivity index (χ1n) is 6.90. The molecule has 0 aromatic heterocycles. The molecule has 0 fully saturated rings. The number of ether oxygens (including phenoxy) is 1. The number of nitrogens with two attached hydrogens (primary N) is 1. The molecule has 1 unspecified atom stereocenters. The minimum Gasteiger partial charge on any atom is -0.494 e. The monoisotopic (exact) mass is 285 g/mol. The van der Waals surface area contributed by atoms with Crippen LogP contribution in [0.15, 0.2) is 18.2 Å². The van der Waals surface area contributed by atoms with Crippen molar-refractivity contribution in [3.8, 4) is 5.75 Å². The fourth-order valence-electron chi connectivity index (χ4n) is 2.02. The number of benzene rings is 1. The van der Waals surface area contributed by atoms with Crippen molar-refractivity contribution in [2.45, 2.75) is 58.9 Å². The van der Waals surface area contributed by atoms with Crippen molar-refractivity contribution >= 4 is 12.4 Å². The van der Waals surface area contributed by atoms with E-state index in [4.69, 9.17) is 10.5 Å². The molecular formula is C16H28ClNO. The van der Waals surface area contributed by atoms with Crippen molar-refractivity contribution in [2.24, 2.45) is 5.73 Å². The summed E-state index contributed by atoms with van der Waals surface area (Å²) in [5.41, 5.74) is 8.70. The molecule has 0 saturated heterocycles. The lowest BCUT2D eigenvalue weighted by Gasteiger charge is -2.24. The molecule has 2 nitrogen and oxygen atoms in total. The van der Waals surface area contributed by atoms with Crippen LogP contribution in [0.2, 0.25) is 0 Å². The summed E-state index contributed by atoms with van der Waals surface area (Å²) in [5.74, 6) is 0.999. The van der Waals surface area contributed by atoms with Crippen molar-refractivity contribution in [3.05, 3.63) is 29.3 Å². The first kappa shape index (κ1) is 18.3. The second kappa shape index (κ2) is 7.76.